The summed E-state index contributed by atoms with van der Waals surface area (Å²) >= 11 is 0. The van der Waals surface area contributed by atoms with E-state index < -0.39 is 0 Å². The minimum Gasteiger partial charge on any atom is -0.327 e. The van der Waals surface area contributed by atoms with Gasteiger partial charge in [0.15, 0.2) is 0 Å². The van der Waals surface area contributed by atoms with Crippen molar-refractivity contribution < 1.29 is 0 Å². The highest BCUT2D eigenvalue weighted by Crippen LogP contribution is 2.35. The van der Waals surface area contributed by atoms with Crippen LogP contribution in [0, 0.1) is 10.8 Å². The molecule has 0 radical (unpaired) electrons. The van der Waals surface area contributed by atoms with Crippen LogP contribution in [0.5, 0.6) is 0 Å². The minimum absolute atomic E-state index is 0.0356. The van der Waals surface area contributed by atoms with Gasteiger partial charge < -0.3 is 5.73 Å². The van der Waals surface area contributed by atoms with E-state index in [1.807, 2.05) is 0 Å². The van der Waals surface area contributed by atoms with Gasteiger partial charge in [-0.05, 0) is 17.9 Å². The smallest absolute Gasteiger partial charge is 0.0190 e. The first-order valence-corrected chi connectivity index (χ1v) is 5.60. The SMILES string of the molecule is CC(N)C1(C)C=CC=CC(C(C)(C)C)=C1. The van der Waals surface area contributed by atoms with Crippen LogP contribution in [0.4, 0.5) is 0 Å². The van der Waals surface area contributed by atoms with E-state index in [0.29, 0.717) is 0 Å². The summed E-state index contributed by atoms with van der Waals surface area (Å²) in [4.78, 5) is 0. The van der Waals surface area contributed by atoms with Gasteiger partial charge in [0.2, 0.25) is 0 Å². The maximum absolute atomic E-state index is 6.05. The Morgan fingerprint density at radius 3 is 2.33 bits per heavy atom. The molecule has 2 atom stereocenters. The van der Waals surface area contributed by atoms with Gasteiger partial charge in [0, 0.05) is 11.5 Å². The molecule has 15 heavy (non-hydrogen) atoms. The van der Waals surface area contributed by atoms with Gasteiger partial charge in [-0.25, -0.2) is 0 Å². The van der Waals surface area contributed by atoms with Crippen molar-refractivity contribution in [1.82, 2.24) is 0 Å². The van der Waals surface area contributed by atoms with Crippen LogP contribution in [0.3, 0.4) is 0 Å². The number of allylic oxidation sites excluding steroid dienone is 4. The summed E-state index contributed by atoms with van der Waals surface area (Å²) in [5.41, 5.74) is 7.55. The monoisotopic (exact) mass is 205 g/mol. The molecular weight excluding hydrogens is 182 g/mol. The van der Waals surface area contributed by atoms with E-state index in [-0.39, 0.29) is 16.9 Å². The highest BCUT2D eigenvalue weighted by atomic mass is 14.7. The fourth-order valence-corrected chi connectivity index (χ4v) is 1.60. The lowest BCUT2D eigenvalue weighted by Gasteiger charge is -2.30. The van der Waals surface area contributed by atoms with Crippen molar-refractivity contribution in [3.05, 3.63) is 36.0 Å². The van der Waals surface area contributed by atoms with Crippen LogP contribution < -0.4 is 5.73 Å². The summed E-state index contributed by atoms with van der Waals surface area (Å²) in [6.45, 7) is 10.9. The van der Waals surface area contributed by atoms with Crippen LogP contribution in [0.15, 0.2) is 36.0 Å². The van der Waals surface area contributed by atoms with Crippen LogP contribution in [0.1, 0.15) is 34.6 Å². The Morgan fingerprint density at radius 2 is 1.87 bits per heavy atom. The second kappa shape index (κ2) is 3.97. The molecule has 2 unspecified atom stereocenters. The Bertz CT molecular complexity index is 313. The summed E-state index contributed by atoms with van der Waals surface area (Å²) in [5.74, 6) is 0. The van der Waals surface area contributed by atoms with Crippen LogP contribution in [0.25, 0.3) is 0 Å². The summed E-state index contributed by atoms with van der Waals surface area (Å²) in [5, 5.41) is 0. The van der Waals surface area contributed by atoms with E-state index in [4.69, 9.17) is 5.73 Å². The summed E-state index contributed by atoms with van der Waals surface area (Å²) in [6, 6.07) is 0.131. The van der Waals surface area contributed by atoms with E-state index in [9.17, 15) is 0 Å². The molecule has 1 nitrogen and oxygen atoms in total. The third-order valence-corrected chi connectivity index (χ3v) is 3.16. The van der Waals surface area contributed by atoms with Gasteiger partial charge >= 0.3 is 0 Å². The van der Waals surface area contributed by atoms with Gasteiger partial charge in [-0.3, -0.25) is 0 Å². The van der Waals surface area contributed by atoms with E-state index >= 15 is 0 Å². The average molecular weight is 205 g/mol. The quantitative estimate of drug-likeness (QED) is 0.697. The summed E-state index contributed by atoms with van der Waals surface area (Å²) < 4.78 is 0. The molecule has 0 amide bonds. The Hall–Kier alpha value is -0.820. The van der Waals surface area contributed by atoms with Crippen molar-refractivity contribution in [3.63, 3.8) is 0 Å². The van der Waals surface area contributed by atoms with Gasteiger partial charge in [-0.15, -0.1) is 0 Å². The predicted molar refractivity (Wildman–Crippen MR) is 67.6 cm³/mol. The number of rotatable bonds is 1. The normalized spacial score (nSPS) is 28.5. The standard InChI is InChI=1S/C14H23N/c1-11(15)14(5)9-7-6-8-12(10-14)13(2,3)4/h6-11H,15H2,1-5H3. The first-order chi connectivity index (χ1) is 6.76. The zero-order valence-electron chi connectivity index (χ0n) is 10.5. The molecule has 1 heteroatoms. The Morgan fingerprint density at radius 1 is 1.27 bits per heavy atom. The number of nitrogens with two attached hydrogens (primary N) is 1. The van der Waals surface area contributed by atoms with E-state index in [0.717, 1.165) is 0 Å². The number of hydrogen-bond donors (Lipinski definition) is 1. The maximum Gasteiger partial charge on any atom is 0.0190 e. The third-order valence-electron chi connectivity index (χ3n) is 3.16. The lowest BCUT2D eigenvalue weighted by atomic mass is 9.77. The van der Waals surface area contributed by atoms with Gasteiger partial charge in [-0.1, -0.05) is 58.1 Å². The fraction of sp³-hybridized carbons (Fsp3) is 0.571. The van der Waals surface area contributed by atoms with Crippen LogP contribution >= 0.6 is 0 Å². The second-order valence-corrected chi connectivity index (χ2v) is 5.72. The topological polar surface area (TPSA) is 26.0 Å². The van der Waals surface area contributed by atoms with Gasteiger partial charge in [0.05, 0.1) is 0 Å². The first-order valence-electron chi connectivity index (χ1n) is 5.60. The van der Waals surface area contributed by atoms with E-state index in [1.165, 1.54) is 5.57 Å². The summed E-state index contributed by atoms with van der Waals surface area (Å²) in [7, 11) is 0. The first kappa shape index (κ1) is 12.3. The molecule has 0 aromatic rings. The Kier molecular flexibility index (Phi) is 3.25. The molecular formula is C14H23N. The fourth-order valence-electron chi connectivity index (χ4n) is 1.60. The molecule has 1 rings (SSSR count). The van der Waals surface area contributed by atoms with Crippen molar-refractivity contribution in [3.8, 4) is 0 Å². The zero-order chi connectivity index (χ0) is 11.7. The van der Waals surface area contributed by atoms with Crippen molar-refractivity contribution in [2.45, 2.75) is 40.7 Å². The van der Waals surface area contributed by atoms with E-state index in [2.05, 4.69) is 65.0 Å². The predicted octanol–water partition coefficient (Wildman–Crippen LogP) is 3.44. The summed E-state index contributed by atoms with van der Waals surface area (Å²) in [6.07, 6.45) is 10.9. The van der Waals surface area contributed by atoms with Gasteiger partial charge in [0.1, 0.15) is 0 Å². The molecule has 0 saturated carbocycles. The zero-order valence-corrected chi connectivity index (χ0v) is 10.5. The molecule has 0 saturated heterocycles. The van der Waals surface area contributed by atoms with Gasteiger partial charge in [-0.2, -0.15) is 0 Å². The third kappa shape index (κ3) is 2.82. The molecule has 0 aromatic heterocycles. The van der Waals surface area contributed by atoms with Crippen molar-refractivity contribution in [2.75, 3.05) is 0 Å². The lowest BCUT2D eigenvalue weighted by molar-refractivity contribution is 0.432. The Labute approximate surface area is 93.7 Å². The Balaban J connectivity index is 3.15. The lowest BCUT2D eigenvalue weighted by Crippen LogP contribution is -2.34. The molecule has 0 bridgehead atoms. The molecule has 1 aliphatic carbocycles. The molecule has 0 aliphatic heterocycles. The van der Waals surface area contributed by atoms with Crippen LogP contribution in [-0.2, 0) is 0 Å². The number of hydrogen-bond acceptors (Lipinski definition) is 1. The highest BCUT2D eigenvalue weighted by Gasteiger charge is 2.27. The van der Waals surface area contributed by atoms with E-state index in [1.54, 1.807) is 0 Å². The molecule has 1 aliphatic rings. The van der Waals surface area contributed by atoms with Crippen molar-refractivity contribution in [1.29, 1.82) is 0 Å². The molecule has 2 N–H and O–H groups in total. The molecule has 0 fully saturated rings. The largest absolute Gasteiger partial charge is 0.327 e. The van der Waals surface area contributed by atoms with Crippen LogP contribution in [0.2, 0.25) is 0 Å². The second-order valence-electron chi connectivity index (χ2n) is 5.72. The van der Waals surface area contributed by atoms with Crippen molar-refractivity contribution >= 4 is 0 Å². The van der Waals surface area contributed by atoms with Gasteiger partial charge in [0.25, 0.3) is 0 Å². The molecule has 0 spiro atoms. The average Bonchev–Trinajstić information content (AvgIpc) is 2.27. The molecule has 0 heterocycles. The van der Waals surface area contributed by atoms with Crippen molar-refractivity contribution in [2.24, 2.45) is 16.6 Å². The molecule has 84 valence electrons. The van der Waals surface area contributed by atoms with Crippen LogP contribution in [-0.4, -0.2) is 6.04 Å². The maximum atomic E-state index is 6.05. The highest BCUT2D eigenvalue weighted by molar-refractivity contribution is 5.35. The molecule has 0 aromatic carbocycles. The minimum atomic E-state index is -0.0356.